The average Bonchev–Trinajstić information content (AvgIpc) is 2.43. The molecular formula is C11H15F2N3O4. The lowest BCUT2D eigenvalue weighted by Crippen LogP contribution is -2.35. The number of nitro groups is 1. The lowest BCUT2D eigenvalue weighted by Gasteiger charge is -2.16. The number of nitrogens with two attached hydrogens (primary N) is 1. The van der Waals surface area contributed by atoms with E-state index in [1.54, 1.807) is 0 Å². The van der Waals surface area contributed by atoms with Crippen LogP contribution in [0.4, 0.5) is 20.2 Å². The van der Waals surface area contributed by atoms with Crippen LogP contribution in [0.1, 0.15) is 0 Å². The van der Waals surface area contributed by atoms with E-state index in [1.165, 1.54) is 20.3 Å². The SMILES string of the molecule is COc1cc(NCC(F)(F)CN)c([N+](=O)[O-])cc1OC. The molecule has 9 heteroatoms. The molecule has 0 unspecified atom stereocenters. The van der Waals surface area contributed by atoms with Crippen molar-refractivity contribution in [2.45, 2.75) is 5.92 Å². The van der Waals surface area contributed by atoms with E-state index >= 15 is 0 Å². The molecule has 0 aromatic heterocycles. The highest BCUT2D eigenvalue weighted by Crippen LogP contribution is 2.37. The number of ether oxygens (including phenoxy) is 2. The van der Waals surface area contributed by atoms with Gasteiger partial charge in [0, 0.05) is 6.07 Å². The van der Waals surface area contributed by atoms with Crippen LogP contribution in [0.15, 0.2) is 12.1 Å². The van der Waals surface area contributed by atoms with Crippen molar-refractivity contribution in [3.63, 3.8) is 0 Å². The summed E-state index contributed by atoms with van der Waals surface area (Å²) in [5, 5.41) is 13.2. The Balaban J connectivity index is 3.13. The fraction of sp³-hybridized carbons (Fsp3) is 0.455. The molecule has 1 rings (SSSR count). The number of alkyl halides is 2. The summed E-state index contributed by atoms with van der Waals surface area (Å²) in [4.78, 5) is 10.2. The van der Waals surface area contributed by atoms with Crippen LogP contribution in [0.2, 0.25) is 0 Å². The zero-order valence-corrected chi connectivity index (χ0v) is 11.0. The van der Waals surface area contributed by atoms with E-state index in [4.69, 9.17) is 15.2 Å². The maximum atomic E-state index is 13.1. The first-order valence-electron chi connectivity index (χ1n) is 5.57. The van der Waals surface area contributed by atoms with Gasteiger partial charge >= 0.3 is 0 Å². The Labute approximate surface area is 113 Å². The van der Waals surface area contributed by atoms with Crippen LogP contribution < -0.4 is 20.5 Å². The molecule has 0 saturated heterocycles. The third kappa shape index (κ3) is 3.67. The zero-order valence-electron chi connectivity index (χ0n) is 11.0. The molecule has 0 radical (unpaired) electrons. The smallest absolute Gasteiger partial charge is 0.296 e. The second-order valence-corrected chi connectivity index (χ2v) is 3.90. The molecule has 0 aliphatic rings. The van der Waals surface area contributed by atoms with Crippen LogP contribution in [0.5, 0.6) is 11.5 Å². The third-order valence-electron chi connectivity index (χ3n) is 2.53. The summed E-state index contributed by atoms with van der Waals surface area (Å²) in [7, 11) is 2.65. The second kappa shape index (κ2) is 6.33. The van der Waals surface area contributed by atoms with Crippen LogP contribution in [0.25, 0.3) is 0 Å². The summed E-state index contributed by atoms with van der Waals surface area (Å²) >= 11 is 0. The van der Waals surface area contributed by atoms with Gasteiger partial charge in [0.1, 0.15) is 5.69 Å². The highest BCUT2D eigenvalue weighted by atomic mass is 19.3. The summed E-state index contributed by atoms with van der Waals surface area (Å²) in [6.45, 7) is -1.68. The summed E-state index contributed by atoms with van der Waals surface area (Å²) < 4.78 is 36.1. The molecule has 20 heavy (non-hydrogen) atoms. The second-order valence-electron chi connectivity index (χ2n) is 3.90. The van der Waals surface area contributed by atoms with Crippen molar-refractivity contribution in [2.24, 2.45) is 5.73 Å². The summed E-state index contributed by atoms with van der Waals surface area (Å²) in [5.41, 5.74) is 4.41. The number of nitrogens with one attached hydrogen (secondary N) is 1. The van der Waals surface area contributed by atoms with E-state index in [0.29, 0.717) is 0 Å². The number of hydrogen-bond acceptors (Lipinski definition) is 6. The van der Waals surface area contributed by atoms with Gasteiger partial charge in [-0.25, -0.2) is 8.78 Å². The molecule has 1 aromatic rings. The maximum Gasteiger partial charge on any atom is 0.296 e. The predicted octanol–water partition coefficient (Wildman–Crippen LogP) is 1.62. The largest absolute Gasteiger partial charge is 0.493 e. The minimum atomic E-state index is -3.17. The minimum absolute atomic E-state index is 0.0965. The van der Waals surface area contributed by atoms with Crippen LogP contribution in [0, 0.1) is 10.1 Å². The van der Waals surface area contributed by atoms with E-state index in [0.717, 1.165) is 6.07 Å². The Kier molecular flexibility index (Phi) is 5.03. The fourth-order valence-electron chi connectivity index (χ4n) is 1.46. The van der Waals surface area contributed by atoms with Crippen molar-refractivity contribution in [3.05, 3.63) is 22.2 Å². The third-order valence-corrected chi connectivity index (χ3v) is 2.53. The van der Waals surface area contributed by atoms with Gasteiger partial charge in [-0.05, 0) is 0 Å². The molecule has 0 atom stereocenters. The molecule has 3 N–H and O–H groups in total. The average molecular weight is 291 g/mol. The molecule has 0 bridgehead atoms. The van der Waals surface area contributed by atoms with Gasteiger partial charge in [-0.2, -0.15) is 0 Å². The number of halogens is 2. The lowest BCUT2D eigenvalue weighted by molar-refractivity contribution is -0.384. The first-order valence-corrected chi connectivity index (χ1v) is 5.57. The number of nitro benzene ring substituents is 1. The van der Waals surface area contributed by atoms with Crippen molar-refractivity contribution >= 4 is 11.4 Å². The Bertz CT molecular complexity index is 497. The van der Waals surface area contributed by atoms with Crippen molar-refractivity contribution in [1.82, 2.24) is 0 Å². The molecule has 0 spiro atoms. The van der Waals surface area contributed by atoms with Crippen molar-refractivity contribution < 1.29 is 23.2 Å². The Morgan fingerprint density at radius 1 is 1.35 bits per heavy atom. The number of methoxy groups -OCH3 is 2. The highest BCUT2D eigenvalue weighted by molar-refractivity contribution is 5.68. The van der Waals surface area contributed by atoms with E-state index in [1.807, 2.05) is 0 Å². The van der Waals surface area contributed by atoms with Gasteiger partial charge in [-0.15, -0.1) is 0 Å². The molecule has 0 saturated carbocycles. The molecule has 0 aliphatic heterocycles. The molecule has 112 valence electrons. The highest BCUT2D eigenvalue weighted by Gasteiger charge is 2.28. The molecule has 0 fully saturated rings. The van der Waals surface area contributed by atoms with Gasteiger partial charge in [0.05, 0.1) is 38.3 Å². The lowest BCUT2D eigenvalue weighted by atomic mass is 10.2. The number of hydrogen-bond donors (Lipinski definition) is 2. The summed E-state index contributed by atoms with van der Waals surface area (Å²) in [6.07, 6.45) is 0. The molecule has 0 heterocycles. The van der Waals surface area contributed by atoms with Gasteiger partial charge in [-0.1, -0.05) is 0 Å². The topological polar surface area (TPSA) is 99.7 Å². The molecule has 7 nitrogen and oxygen atoms in total. The standard InChI is InChI=1S/C11H15F2N3O4/c1-19-9-3-7(15-6-11(12,13)5-14)8(16(17)18)4-10(9)20-2/h3-4,15H,5-6,14H2,1-2H3. The fourth-order valence-corrected chi connectivity index (χ4v) is 1.46. The van der Waals surface area contributed by atoms with Crippen LogP contribution >= 0.6 is 0 Å². The zero-order chi connectivity index (χ0) is 15.3. The van der Waals surface area contributed by atoms with Crippen LogP contribution in [0.3, 0.4) is 0 Å². The van der Waals surface area contributed by atoms with Gasteiger partial charge in [-0.3, -0.25) is 10.1 Å². The Hall–Kier alpha value is -2.16. The normalized spacial score (nSPS) is 11.1. The van der Waals surface area contributed by atoms with E-state index in [-0.39, 0.29) is 17.2 Å². The van der Waals surface area contributed by atoms with E-state index in [2.05, 4.69) is 5.32 Å². The first-order chi connectivity index (χ1) is 9.34. The molecule has 1 aromatic carbocycles. The molecule has 0 amide bonds. The summed E-state index contributed by atoms with van der Waals surface area (Å²) in [5.74, 6) is -2.84. The van der Waals surface area contributed by atoms with Crippen molar-refractivity contribution in [1.29, 1.82) is 0 Å². The Morgan fingerprint density at radius 2 is 1.90 bits per heavy atom. The Morgan fingerprint density at radius 3 is 2.35 bits per heavy atom. The quantitative estimate of drug-likeness (QED) is 0.585. The van der Waals surface area contributed by atoms with Gasteiger partial charge in [0.25, 0.3) is 11.6 Å². The molecule has 0 aliphatic carbocycles. The van der Waals surface area contributed by atoms with Crippen LogP contribution in [-0.2, 0) is 0 Å². The van der Waals surface area contributed by atoms with Crippen molar-refractivity contribution in [2.75, 3.05) is 32.6 Å². The minimum Gasteiger partial charge on any atom is -0.493 e. The first kappa shape index (κ1) is 15.9. The van der Waals surface area contributed by atoms with Crippen LogP contribution in [-0.4, -0.2) is 38.2 Å². The number of rotatable bonds is 7. The number of nitrogens with zero attached hydrogens (tertiary/aromatic N) is 1. The van der Waals surface area contributed by atoms with Crippen molar-refractivity contribution in [3.8, 4) is 11.5 Å². The monoisotopic (exact) mass is 291 g/mol. The van der Waals surface area contributed by atoms with Gasteiger partial charge < -0.3 is 20.5 Å². The summed E-state index contributed by atoms with van der Waals surface area (Å²) in [6, 6.07) is 2.32. The van der Waals surface area contributed by atoms with Gasteiger partial charge in [0.15, 0.2) is 11.5 Å². The molecular weight excluding hydrogens is 276 g/mol. The predicted molar refractivity (Wildman–Crippen MR) is 68.7 cm³/mol. The number of benzene rings is 1. The maximum absolute atomic E-state index is 13.1. The van der Waals surface area contributed by atoms with E-state index < -0.39 is 29.6 Å². The number of anilines is 1. The van der Waals surface area contributed by atoms with Gasteiger partial charge in [0.2, 0.25) is 0 Å². The van der Waals surface area contributed by atoms with E-state index in [9.17, 15) is 18.9 Å².